The first-order valence-corrected chi connectivity index (χ1v) is 6.11. The first-order valence-electron chi connectivity index (χ1n) is 5.32. The lowest BCUT2D eigenvalue weighted by Crippen LogP contribution is -2.32. The lowest BCUT2D eigenvalue weighted by molar-refractivity contribution is -0.140. The molecular weight excluding hydrogens is 288 g/mol. The summed E-state index contributed by atoms with van der Waals surface area (Å²) < 4.78 is 2.63. The number of aryl methyl sites for hydroxylation is 1. The van der Waals surface area contributed by atoms with Gasteiger partial charge >= 0.3 is 5.97 Å². The van der Waals surface area contributed by atoms with Crippen molar-refractivity contribution < 1.29 is 14.7 Å². The summed E-state index contributed by atoms with van der Waals surface area (Å²) in [4.78, 5) is 22.4. The minimum Gasteiger partial charge on any atom is -0.481 e. The highest BCUT2D eigenvalue weighted by molar-refractivity contribution is 9.10. The molecule has 0 spiro atoms. The third kappa shape index (κ3) is 3.59. The van der Waals surface area contributed by atoms with E-state index < -0.39 is 11.9 Å². The summed E-state index contributed by atoms with van der Waals surface area (Å²) >= 11 is 3.30. The van der Waals surface area contributed by atoms with Crippen molar-refractivity contribution in [2.75, 3.05) is 6.54 Å². The third-order valence-electron chi connectivity index (χ3n) is 2.43. The van der Waals surface area contributed by atoms with Crippen LogP contribution in [-0.2, 0) is 11.3 Å². The number of carboxylic acid groups (broad SMARTS) is 1. The highest BCUT2D eigenvalue weighted by Crippen LogP contribution is 2.14. The van der Waals surface area contributed by atoms with Crippen LogP contribution in [-0.4, -0.2) is 28.1 Å². The van der Waals surface area contributed by atoms with Crippen LogP contribution in [0.4, 0.5) is 0 Å². The summed E-state index contributed by atoms with van der Waals surface area (Å²) in [6.07, 6.45) is 1.82. The lowest BCUT2D eigenvalue weighted by Gasteiger charge is -2.09. The number of nitrogens with zero attached hydrogens (tertiary/aromatic N) is 1. The fourth-order valence-corrected chi connectivity index (χ4v) is 1.81. The van der Waals surface area contributed by atoms with E-state index in [0.717, 1.165) is 4.47 Å². The van der Waals surface area contributed by atoms with E-state index >= 15 is 0 Å². The Labute approximate surface area is 108 Å². The number of carbonyl (C=O) groups is 2. The van der Waals surface area contributed by atoms with E-state index in [1.807, 2.05) is 13.1 Å². The number of carbonyl (C=O) groups excluding carboxylic acids is 1. The van der Waals surface area contributed by atoms with Crippen molar-refractivity contribution >= 4 is 27.8 Å². The van der Waals surface area contributed by atoms with Gasteiger partial charge in [0.2, 0.25) is 0 Å². The monoisotopic (exact) mass is 302 g/mol. The summed E-state index contributed by atoms with van der Waals surface area (Å²) in [5, 5.41) is 11.3. The van der Waals surface area contributed by atoms with Crippen molar-refractivity contribution in [3.05, 3.63) is 22.4 Å². The van der Waals surface area contributed by atoms with Crippen molar-refractivity contribution in [3.63, 3.8) is 0 Å². The maximum atomic E-state index is 11.8. The van der Waals surface area contributed by atoms with Crippen LogP contribution in [0.25, 0.3) is 0 Å². The van der Waals surface area contributed by atoms with Crippen LogP contribution >= 0.6 is 15.9 Å². The Morgan fingerprint density at radius 2 is 2.24 bits per heavy atom. The van der Waals surface area contributed by atoms with Crippen molar-refractivity contribution in [2.24, 2.45) is 5.92 Å². The number of aliphatic carboxylic acids is 1. The van der Waals surface area contributed by atoms with Gasteiger partial charge in [0.05, 0.1) is 5.92 Å². The summed E-state index contributed by atoms with van der Waals surface area (Å²) in [5.41, 5.74) is 0.525. The second kappa shape index (κ2) is 5.86. The zero-order valence-electron chi connectivity index (χ0n) is 9.74. The average Bonchev–Trinajstić information content (AvgIpc) is 2.66. The summed E-state index contributed by atoms with van der Waals surface area (Å²) in [6.45, 7) is 4.30. The van der Waals surface area contributed by atoms with Crippen molar-refractivity contribution in [3.8, 4) is 0 Å². The Hall–Kier alpha value is -1.30. The van der Waals surface area contributed by atoms with Gasteiger partial charge in [0, 0.05) is 23.8 Å². The van der Waals surface area contributed by atoms with Crippen LogP contribution in [0.5, 0.6) is 0 Å². The largest absolute Gasteiger partial charge is 0.481 e. The average molecular weight is 303 g/mol. The summed E-state index contributed by atoms with van der Waals surface area (Å²) in [6, 6.07) is 1.71. The van der Waals surface area contributed by atoms with Gasteiger partial charge in [-0.1, -0.05) is 6.92 Å². The number of amides is 1. The Morgan fingerprint density at radius 3 is 2.76 bits per heavy atom. The number of rotatable bonds is 5. The molecule has 2 N–H and O–H groups in total. The molecule has 17 heavy (non-hydrogen) atoms. The van der Waals surface area contributed by atoms with Gasteiger partial charge < -0.3 is 15.0 Å². The fraction of sp³-hybridized carbons (Fsp3) is 0.455. The van der Waals surface area contributed by atoms with Crippen LogP contribution in [0.15, 0.2) is 16.7 Å². The molecule has 0 saturated heterocycles. The normalized spacial score (nSPS) is 12.2. The highest BCUT2D eigenvalue weighted by Gasteiger charge is 2.15. The fourth-order valence-electron chi connectivity index (χ4n) is 1.35. The van der Waals surface area contributed by atoms with Gasteiger partial charge in [-0.05, 0) is 28.9 Å². The van der Waals surface area contributed by atoms with Gasteiger partial charge in [0.25, 0.3) is 5.91 Å². The molecule has 94 valence electrons. The first-order chi connectivity index (χ1) is 7.95. The van der Waals surface area contributed by atoms with Gasteiger partial charge in [0.15, 0.2) is 0 Å². The topological polar surface area (TPSA) is 71.3 Å². The van der Waals surface area contributed by atoms with Crippen LogP contribution in [0.3, 0.4) is 0 Å². The molecule has 5 nitrogen and oxygen atoms in total. The van der Waals surface area contributed by atoms with Crippen molar-refractivity contribution in [1.29, 1.82) is 0 Å². The van der Waals surface area contributed by atoms with E-state index in [1.54, 1.807) is 17.6 Å². The Balaban J connectivity index is 2.66. The van der Waals surface area contributed by atoms with Gasteiger partial charge in [0.1, 0.15) is 5.69 Å². The molecule has 0 saturated carbocycles. The Kier molecular flexibility index (Phi) is 4.74. The zero-order valence-corrected chi connectivity index (χ0v) is 11.3. The number of hydrogen-bond donors (Lipinski definition) is 2. The minimum absolute atomic E-state index is 0.126. The second-order valence-corrected chi connectivity index (χ2v) is 4.69. The smallest absolute Gasteiger partial charge is 0.308 e. The van der Waals surface area contributed by atoms with Gasteiger partial charge in [-0.2, -0.15) is 0 Å². The summed E-state index contributed by atoms with van der Waals surface area (Å²) in [5.74, 6) is -1.77. The molecule has 1 heterocycles. The molecule has 0 aliphatic rings. The van der Waals surface area contributed by atoms with E-state index in [9.17, 15) is 9.59 Å². The molecule has 1 rings (SSSR count). The van der Waals surface area contributed by atoms with Crippen molar-refractivity contribution in [2.45, 2.75) is 20.4 Å². The van der Waals surface area contributed by atoms with E-state index in [-0.39, 0.29) is 12.5 Å². The van der Waals surface area contributed by atoms with E-state index in [2.05, 4.69) is 21.2 Å². The standard InChI is InChI=1S/C11H15BrN2O3/c1-3-14-6-8(12)4-9(14)10(15)13-5-7(2)11(16)17/h4,6-7H,3,5H2,1-2H3,(H,13,15)(H,16,17). The SMILES string of the molecule is CCn1cc(Br)cc1C(=O)NCC(C)C(=O)O. The predicted octanol–water partition coefficient (Wildman–Crippen LogP) is 1.72. The van der Waals surface area contributed by atoms with Crippen LogP contribution in [0.1, 0.15) is 24.3 Å². The van der Waals surface area contributed by atoms with Crippen molar-refractivity contribution in [1.82, 2.24) is 9.88 Å². The zero-order chi connectivity index (χ0) is 13.0. The number of aromatic nitrogens is 1. The molecular formula is C11H15BrN2O3. The maximum absolute atomic E-state index is 11.8. The lowest BCUT2D eigenvalue weighted by atomic mass is 10.2. The molecule has 0 bridgehead atoms. The molecule has 1 amide bonds. The first kappa shape index (κ1) is 13.8. The molecule has 0 fully saturated rings. The maximum Gasteiger partial charge on any atom is 0.308 e. The van der Waals surface area contributed by atoms with Crippen LogP contribution in [0.2, 0.25) is 0 Å². The Bertz CT molecular complexity index is 428. The Morgan fingerprint density at radius 1 is 1.59 bits per heavy atom. The third-order valence-corrected chi connectivity index (χ3v) is 2.86. The second-order valence-electron chi connectivity index (χ2n) is 3.78. The molecule has 0 aromatic carbocycles. The highest BCUT2D eigenvalue weighted by atomic mass is 79.9. The quantitative estimate of drug-likeness (QED) is 0.870. The van der Waals surface area contributed by atoms with Gasteiger partial charge in [-0.25, -0.2) is 0 Å². The van der Waals surface area contributed by atoms with E-state index in [0.29, 0.717) is 12.2 Å². The van der Waals surface area contributed by atoms with Gasteiger partial charge in [-0.3, -0.25) is 9.59 Å². The molecule has 1 atom stereocenters. The molecule has 6 heteroatoms. The van der Waals surface area contributed by atoms with Gasteiger partial charge in [-0.15, -0.1) is 0 Å². The molecule has 0 aliphatic heterocycles. The molecule has 1 aromatic heterocycles. The van der Waals surface area contributed by atoms with E-state index in [1.165, 1.54) is 0 Å². The number of nitrogens with one attached hydrogen (secondary N) is 1. The molecule has 1 unspecified atom stereocenters. The van der Waals surface area contributed by atoms with Crippen LogP contribution < -0.4 is 5.32 Å². The number of carboxylic acids is 1. The predicted molar refractivity (Wildman–Crippen MR) is 66.9 cm³/mol. The molecule has 0 radical (unpaired) electrons. The molecule has 0 aliphatic carbocycles. The van der Waals surface area contributed by atoms with Crippen LogP contribution in [0, 0.1) is 5.92 Å². The number of hydrogen-bond acceptors (Lipinski definition) is 2. The summed E-state index contributed by atoms with van der Waals surface area (Å²) in [7, 11) is 0. The molecule has 1 aromatic rings. The number of halogens is 1. The minimum atomic E-state index is -0.919. The van der Waals surface area contributed by atoms with E-state index in [4.69, 9.17) is 5.11 Å².